The first-order valence-electron chi connectivity index (χ1n) is 14.5. The molecule has 1 aromatic carbocycles. The molecule has 10 nitrogen and oxygen atoms in total. The van der Waals surface area contributed by atoms with Crippen LogP contribution in [-0.4, -0.2) is 55.5 Å². The molecule has 7 rings (SSSR count). The number of aromatic nitrogens is 4. The van der Waals surface area contributed by atoms with E-state index in [0.717, 1.165) is 67.2 Å². The smallest absolute Gasteiger partial charge is 0.383 e. The van der Waals surface area contributed by atoms with Gasteiger partial charge in [0.15, 0.2) is 0 Å². The van der Waals surface area contributed by atoms with Gasteiger partial charge in [0.2, 0.25) is 0 Å². The Morgan fingerprint density at radius 2 is 1.82 bits per heavy atom. The van der Waals surface area contributed by atoms with Gasteiger partial charge in [-0.05, 0) is 61.9 Å². The van der Waals surface area contributed by atoms with Gasteiger partial charge in [-0.3, -0.25) is 10.1 Å². The highest BCUT2D eigenvalue weighted by molar-refractivity contribution is 6.05. The third-order valence-electron chi connectivity index (χ3n) is 9.68. The number of hydrogen-bond acceptors (Lipinski definition) is 8. The van der Waals surface area contributed by atoms with Crippen LogP contribution in [0.15, 0.2) is 55.1 Å². The summed E-state index contributed by atoms with van der Waals surface area (Å²) in [5.74, 6) is -0.438. The maximum absolute atomic E-state index is 13.1. The number of pyridine rings is 1. The summed E-state index contributed by atoms with van der Waals surface area (Å²) in [6.45, 7) is 3.10. The minimum Gasteiger partial charge on any atom is -0.383 e. The van der Waals surface area contributed by atoms with Crippen molar-refractivity contribution in [3.8, 4) is 11.1 Å². The number of hydrogen-bond donors (Lipinski definition) is 4. The molecule has 5 N–H and O–H groups in total. The van der Waals surface area contributed by atoms with E-state index in [-0.39, 0.29) is 27.9 Å². The molecule has 1 atom stereocenters. The summed E-state index contributed by atoms with van der Waals surface area (Å²) in [6.07, 6.45) is 3.81. The van der Waals surface area contributed by atoms with Gasteiger partial charge in [0, 0.05) is 34.6 Å². The molecule has 1 amide bonds. The van der Waals surface area contributed by atoms with Crippen molar-refractivity contribution in [1.82, 2.24) is 24.8 Å². The number of halogens is 3. The van der Waals surface area contributed by atoms with Crippen LogP contribution >= 0.6 is 0 Å². The minimum absolute atomic E-state index is 0.184. The van der Waals surface area contributed by atoms with Crippen LogP contribution in [0.25, 0.3) is 22.2 Å². The Morgan fingerprint density at radius 3 is 2.48 bits per heavy atom. The fourth-order valence-electron chi connectivity index (χ4n) is 7.08. The van der Waals surface area contributed by atoms with Gasteiger partial charge in [-0.15, -0.1) is 0 Å². The maximum Gasteiger partial charge on any atom is 0.416 e. The first-order valence-corrected chi connectivity index (χ1v) is 14.5. The van der Waals surface area contributed by atoms with Gasteiger partial charge in [0.05, 0.1) is 29.6 Å². The molecule has 4 heterocycles. The molecule has 2 saturated carbocycles. The number of nitrogens with zero attached hydrogens (tertiary/aromatic N) is 4. The second-order valence-electron chi connectivity index (χ2n) is 12.7. The number of nitrogens with one attached hydrogen (secondary N) is 2. The first-order chi connectivity index (χ1) is 20.9. The standard InChI is InChI=1S/C31H32F3N7O3/c1-28(15-44-16-28)27(43)40-29-7-9-30(14-29,10-8-29)41-13-21(23-24(35)37-17-38-25(23)41)18-2-4-19(5-3-18)26(42)39-22-12-20(6-11-36-22)31(32,33)34/h2-6,11-13,17,27,40,43H,7-10,14-16H2,1H3,(H2,35,37,38)(H,36,39,42). The van der Waals surface area contributed by atoms with Crippen molar-refractivity contribution in [2.75, 3.05) is 24.3 Å². The fourth-order valence-corrected chi connectivity index (χ4v) is 7.08. The first kappa shape index (κ1) is 28.7. The zero-order valence-corrected chi connectivity index (χ0v) is 24.0. The Kier molecular flexibility index (Phi) is 6.50. The lowest BCUT2D eigenvalue weighted by atomic mass is 9.84. The van der Waals surface area contributed by atoms with Crippen LogP contribution in [-0.2, 0) is 16.5 Å². The summed E-state index contributed by atoms with van der Waals surface area (Å²) >= 11 is 0. The average Bonchev–Trinajstić information content (AvgIpc) is 3.67. The number of aliphatic hydroxyl groups is 1. The Balaban J connectivity index is 1.16. The molecular formula is C31H32F3N7O3. The number of aliphatic hydroxyl groups excluding tert-OH is 1. The highest BCUT2D eigenvalue weighted by Crippen LogP contribution is 2.57. The van der Waals surface area contributed by atoms with Crippen molar-refractivity contribution in [1.29, 1.82) is 0 Å². The lowest BCUT2D eigenvalue weighted by Crippen LogP contribution is -2.60. The molecule has 3 aliphatic rings. The highest BCUT2D eigenvalue weighted by atomic mass is 19.4. The molecule has 4 aromatic rings. The predicted octanol–water partition coefficient (Wildman–Crippen LogP) is 4.70. The van der Waals surface area contributed by atoms with E-state index in [0.29, 0.717) is 24.4 Å². The Bertz CT molecular complexity index is 1740. The molecule has 3 fully saturated rings. The number of fused-ring (bicyclic) bond motifs is 3. The largest absolute Gasteiger partial charge is 0.416 e. The molecule has 1 saturated heterocycles. The van der Waals surface area contributed by atoms with E-state index in [1.54, 1.807) is 24.3 Å². The van der Waals surface area contributed by atoms with E-state index in [9.17, 15) is 23.1 Å². The van der Waals surface area contributed by atoms with Crippen molar-refractivity contribution < 1.29 is 27.8 Å². The summed E-state index contributed by atoms with van der Waals surface area (Å²) in [7, 11) is 0. The second kappa shape index (κ2) is 9.98. The van der Waals surface area contributed by atoms with Gasteiger partial charge in [-0.1, -0.05) is 19.1 Å². The van der Waals surface area contributed by atoms with Gasteiger partial charge >= 0.3 is 6.18 Å². The van der Waals surface area contributed by atoms with Crippen LogP contribution in [0.2, 0.25) is 0 Å². The van der Waals surface area contributed by atoms with Gasteiger partial charge in [-0.25, -0.2) is 15.0 Å². The number of amides is 1. The van der Waals surface area contributed by atoms with E-state index >= 15 is 0 Å². The van der Waals surface area contributed by atoms with Crippen molar-refractivity contribution in [2.24, 2.45) is 5.41 Å². The van der Waals surface area contributed by atoms with Gasteiger partial charge in [0.1, 0.15) is 29.8 Å². The normalized spacial score (nSPS) is 24.8. The Labute approximate surface area is 250 Å². The van der Waals surface area contributed by atoms with Crippen LogP contribution in [0.5, 0.6) is 0 Å². The maximum atomic E-state index is 13.1. The molecular weight excluding hydrogens is 575 g/mol. The van der Waals surface area contributed by atoms with E-state index in [4.69, 9.17) is 10.5 Å². The molecule has 1 unspecified atom stereocenters. The topological polar surface area (TPSA) is 140 Å². The zero-order chi connectivity index (χ0) is 30.9. The molecule has 2 aliphatic carbocycles. The van der Waals surface area contributed by atoms with Crippen molar-refractivity contribution in [2.45, 2.75) is 62.5 Å². The molecule has 2 bridgehead atoms. The SMILES string of the molecule is CC1(C(O)NC23CCC(n4cc(-c5ccc(C(=O)Nc6cc(C(F)(F)F)ccn6)cc5)c5c(N)ncnc54)(CC2)C3)COC1. The number of anilines is 2. The van der Waals surface area contributed by atoms with Gasteiger partial charge in [0.25, 0.3) is 5.91 Å². The van der Waals surface area contributed by atoms with Crippen LogP contribution < -0.4 is 16.4 Å². The lowest BCUT2D eigenvalue weighted by Gasteiger charge is -2.45. The Hall–Kier alpha value is -4.07. The van der Waals surface area contributed by atoms with E-state index < -0.39 is 23.9 Å². The number of nitrogens with two attached hydrogens (primary N) is 1. The molecule has 0 spiro atoms. The van der Waals surface area contributed by atoms with Crippen molar-refractivity contribution in [3.05, 3.63) is 66.2 Å². The number of ether oxygens (including phenoxy) is 1. The summed E-state index contributed by atoms with van der Waals surface area (Å²) in [5.41, 5.74) is 7.40. The third kappa shape index (κ3) is 4.70. The second-order valence-corrected chi connectivity index (χ2v) is 12.7. The van der Waals surface area contributed by atoms with Gasteiger partial charge < -0.3 is 25.5 Å². The Morgan fingerprint density at radius 1 is 1.09 bits per heavy atom. The molecule has 13 heteroatoms. The number of carbonyl (C=O) groups is 1. The molecule has 1 aliphatic heterocycles. The van der Waals surface area contributed by atoms with E-state index in [2.05, 4.69) is 36.3 Å². The summed E-state index contributed by atoms with van der Waals surface area (Å²) in [5, 5.41) is 17.7. The van der Waals surface area contributed by atoms with Crippen LogP contribution in [0.4, 0.5) is 24.8 Å². The predicted molar refractivity (Wildman–Crippen MR) is 156 cm³/mol. The van der Waals surface area contributed by atoms with Crippen LogP contribution in [0, 0.1) is 5.41 Å². The summed E-state index contributed by atoms with van der Waals surface area (Å²) in [4.78, 5) is 25.6. The van der Waals surface area contributed by atoms with Crippen LogP contribution in [0.3, 0.4) is 0 Å². The summed E-state index contributed by atoms with van der Waals surface area (Å²) < 4.78 is 46.8. The average molecular weight is 608 g/mol. The van der Waals surface area contributed by atoms with E-state index in [1.807, 2.05) is 6.92 Å². The zero-order valence-electron chi connectivity index (χ0n) is 24.0. The number of nitrogen functional groups attached to an aromatic ring is 1. The highest BCUT2D eigenvalue weighted by Gasteiger charge is 2.57. The monoisotopic (exact) mass is 607 g/mol. The number of benzene rings is 1. The third-order valence-corrected chi connectivity index (χ3v) is 9.68. The molecule has 230 valence electrons. The molecule has 0 radical (unpaired) electrons. The van der Waals surface area contributed by atoms with Crippen LogP contribution in [0.1, 0.15) is 54.9 Å². The number of carbonyl (C=O) groups excluding carboxylic acids is 1. The lowest BCUT2D eigenvalue weighted by molar-refractivity contribution is -0.175. The van der Waals surface area contributed by atoms with Crippen molar-refractivity contribution in [3.63, 3.8) is 0 Å². The molecule has 3 aromatic heterocycles. The summed E-state index contributed by atoms with van der Waals surface area (Å²) in [6, 6.07) is 8.38. The number of alkyl halides is 3. The number of rotatable bonds is 7. The minimum atomic E-state index is -4.55. The van der Waals surface area contributed by atoms with E-state index in [1.165, 1.54) is 6.33 Å². The quantitative estimate of drug-likeness (QED) is 0.222. The van der Waals surface area contributed by atoms with Crippen molar-refractivity contribution >= 4 is 28.6 Å². The molecule has 44 heavy (non-hydrogen) atoms. The fraction of sp³-hybridized carbons (Fsp3) is 0.419. The van der Waals surface area contributed by atoms with Gasteiger partial charge in [-0.2, -0.15) is 13.2 Å².